The van der Waals surface area contributed by atoms with Crippen molar-refractivity contribution in [1.29, 1.82) is 0 Å². The molecule has 1 N–H and O–H groups in total. The third-order valence-electron chi connectivity index (χ3n) is 3.18. The highest BCUT2D eigenvalue weighted by Crippen LogP contribution is 2.31. The quantitative estimate of drug-likeness (QED) is 0.743. The SMILES string of the molecule is COCCNCCC(C)(C)c1cc(C)oc1C. The molecule has 0 unspecified atom stereocenters. The van der Waals surface area contributed by atoms with Crippen LogP contribution in [0.25, 0.3) is 0 Å². The van der Waals surface area contributed by atoms with E-state index in [0.717, 1.165) is 37.6 Å². The smallest absolute Gasteiger partial charge is 0.104 e. The average molecular weight is 239 g/mol. The van der Waals surface area contributed by atoms with E-state index in [9.17, 15) is 0 Å². The van der Waals surface area contributed by atoms with E-state index in [1.165, 1.54) is 5.56 Å². The molecule has 1 aromatic heterocycles. The number of methoxy groups -OCH3 is 1. The van der Waals surface area contributed by atoms with Crippen molar-refractivity contribution in [2.45, 2.75) is 39.5 Å². The fourth-order valence-electron chi connectivity index (χ4n) is 2.14. The number of ether oxygens (including phenoxy) is 1. The summed E-state index contributed by atoms with van der Waals surface area (Å²) in [6, 6.07) is 2.16. The van der Waals surface area contributed by atoms with Gasteiger partial charge in [0.05, 0.1) is 6.61 Å². The third-order valence-corrected chi connectivity index (χ3v) is 3.18. The normalized spacial score (nSPS) is 12.1. The zero-order valence-electron chi connectivity index (χ0n) is 11.7. The molecule has 98 valence electrons. The van der Waals surface area contributed by atoms with Crippen LogP contribution in [0.1, 0.15) is 37.4 Å². The van der Waals surface area contributed by atoms with Crippen LogP contribution >= 0.6 is 0 Å². The highest BCUT2D eigenvalue weighted by Gasteiger charge is 2.24. The number of hydrogen-bond donors (Lipinski definition) is 1. The van der Waals surface area contributed by atoms with E-state index in [4.69, 9.17) is 9.15 Å². The summed E-state index contributed by atoms with van der Waals surface area (Å²) in [7, 11) is 1.73. The summed E-state index contributed by atoms with van der Waals surface area (Å²) in [5.74, 6) is 2.04. The Bertz CT molecular complexity index is 342. The summed E-state index contributed by atoms with van der Waals surface area (Å²) in [5.41, 5.74) is 1.48. The Morgan fingerprint density at radius 3 is 2.53 bits per heavy atom. The van der Waals surface area contributed by atoms with E-state index < -0.39 is 0 Å². The lowest BCUT2D eigenvalue weighted by Gasteiger charge is -2.24. The minimum Gasteiger partial charge on any atom is -0.466 e. The fourth-order valence-corrected chi connectivity index (χ4v) is 2.14. The summed E-state index contributed by atoms with van der Waals surface area (Å²) in [6.45, 7) is 11.3. The second kappa shape index (κ2) is 6.22. The summed E-state index contributed by atoms with van der Waals surface area (Å²) in [6.07, 6.45) is 1.09. The van der Waals surface area contributed by atoms with Gasteiger partial charge in [-0.15, -0.1) is 0 Å². The van der Waals surface area contributed by atoms with Crippen LogP contribution in [0.4, 0.5) is 0 Å². The molecule has 0 fully saturated rings. The van der Waals surface area contributed by atoms with Crippen LogP contribution in [0.15, 0.2) is 10.5 Å². The Labute approximate surface area is 105 Å². The predicted molar refractivity (Wildman–Crippen MR) is 70.6 cm³/mol. The molecule has 3 heteroatoms. The molecular formula is C14H25NO2. The molecule has 3 nitrogen and oxygen atoms in total. The first-order valence-electron chi connectivity index (χ1n) is 6.24. The molecule has 0 bridgehead atoms. The van der Waals surface area contributed by atoms with E-state index in [1.807, 2.05) is 13.8 Å². The van der Waals surface area contributed by atoms with Gasteiger partial charge in [0.15, 0.2) is 0 Å². The van der Waals surface area contributed by atoms with Gasteiger partial charge in [0.2, 0.25) is 0 Å². The second-order valence-electron chi connectivity index (χ2n) is 5.20. The summed E-state index contributed by atoms with van der Waals surface area (Å²) < 4.78 is 10.6. The van der Waals surface area contributed by atoms with Crippen molar-refractivity contribution >= 4 is 0 Å². The lowest BCUT2D eigenvalue weighted by molar-refractivity contribution is 0.198. The molecular weight excluding hydrogens is 214 g/mol. The first-order valence-corrected chi connectivity index (χ1v) is 6.24. The molecule has 0 aromatic carbocycles. The Balaban J connectivity index is 2.48. The van der Waals surface area contributed by atoms with E-state index in [2.05, 4.69) is 25.2 Å². The molecule has 0 aliphatic carbocycles. The van der Waals surface area contributed by atoms with Crippen molar-refractivity contribution in [1.82, 2.24) is 5.32 Å². The Morgan fingerprint density at radius 1 is 1.29 bits per heavy atom. The van der Waals surface area contributed by atoms with Crippen LogP contribution < -0.4 is 5.32 Å². The van der Waals surface area contributed by atoms with Crippen LogP contribution in [-0.2, 0) is 10.2 Å². The average Bonchev–Trinajstić information content (AvgIpc) is 2.58. The van der Waals surface area contributed by atoms with E-state index in [0.29, 0.717) is 0 Å². The molecule has 0 aliphatic heterocycles. The van der Waals surface area contributed by atoms with Gasteiger partial charge in [-0.05, 0) is 43.9 Å². The third kappa shape index (κ3) is 4.17. The predicted octanol–water partition coefficient (Wildman–Crippen LogP) is 2.80. The molecule has 0 amide bonds. The first-order chi connectivity index (χ1) is 7.97. The monoisotopic (exact) mass is 239 g/mol. The molecule has 0 saturated carbocycles. The van der Waals surface area contributed by atoms with E-state index in [1.54, 1.807) is 7.11 Å². The molecule has 1 heterocycles. The van der Waals surface area contributed by atoms with Crippen molar-refractivity contribution < 1.29 is 9.15 Å². The van der Waals surface area contributed by atoms with Crippen molar-refractivity contribution in [2.75, 3.05) is 26.8 Å². The Morgan fingerprint density at radius 2 is 2.00 bits per heavy atom. The molecule has 17 heavy (non-hydrogen) atoms. The number of rotatable bonds is 7. The van der Waals surface area contributed by atoms with Crippen LogP contribution in [0, 0.1) is 13.8 Å². The maximum absolute atomic E-state index is 5.61. The maximum atomic E-state index is 5.61. The van der Waals surface area contributed by atoms with Crippen LogP contribution in [0.3, 0.4) is 0 Å². The topological polar surface area (TPSA) is 34.4 Å². The lowest BCUT2D eigenvalue weighted by atomic mass is 9.81. The molecule has 0 atom stereocenters. The van der Waals surface area contributed by atoms with Crippen LogP contribution in [-0.4, -0.2) is 26.8 Å². The largest absolute Gasteiger partial charge is 0.466 e. The second-order valence-corrected chi connectivity index (χ2v) is 5.20. The van der Waals surface area contributed by atoms with Gasteiger partial charge in [-0.3, -0.25) is 0 Å². The van der Waals surface area contributed by atoms with Gasteiger partial charge in [-0.1, -0.05) is 13.8 Å². The number of furan rings is 1. The van der Waals surface area contributed by atoms with Gasteiger partial charge in [0.25, 0.3) is 0 Å². The number of nitrogens with one attached hydrogen (secondary N) is 1. The summed E-state index contributed by atoms with van der Waals surface area (Å²) in [5, 5.41) is 3.38. The minimum atomic E-state index is 0.155. The zero-order valence-corrected chi connectivity index (χ0v) is 11.7. The van der Waals surface area contributed by atoms with Gasteiger partial charge in [0.1, 0.15) is 11.5 Å². The van der Waals surface area contributed by atoms with Gasteiger partial charge in [0, 0.05) is 13.7 Å². The van der Waals surface area contributed by atoms with E-state index in [-0.39, 0.29) is 5.41 Å². The zero-order chi connectivity index (χ0) is 12.9. The van der Waals surface area contributed by atoms with Crippen molar-refractivity contribution in [3.63, 3.8) is 0 Å². The maximum Gasteiger partial charge on any atom is 0.104 e. The molecule has 1 aromatic rings. The van der Waals surface area contributed by atoms with Gasteiger partial charge in [-0.25, -0.2) is 0 Å². The molecule has 0 spiro atoms. The summed E-state index contributed by atoms with van der Waals surface area (Å²) in [4.78, 5) is 0. The molecule has 0 aliphatic rings. The highest BCUT2D eigenvalue weighted by molar-refractivity contribution is 5.28. The van der Waals surface area contributed by atoms with Crippen LogP contribution in [0.2, 0.25) is 0 Å². The number of hydrogen-bond acceptors (Lipinski definition) is 3. The first kappa shape index (κ1) is 14.3. The van der Waals surface area contributed by atoms with Crippen molar-refractivity contribution in [3.05, 3.63) is 23.2 Å². The van der Waals surface area contributed by atoms with Gasteiger partial charge in [-0.2, -0.15) is 0 Å². The van der Waals surface area contributed by atoms with E-state index >= 15 is 0 Å². The summed E-state index contributed by atoms with van der Waals surface area (Å²) >= 11 is 0. The molecule has 0 radical (unpaired) electrons. The Hall–Kier alpha value is -0.800. The standard InChI is InChI=1S/C14H25NO2/c1-11-10-13(12(2)17-11)14(3,4)6-7-15-8-9-16-5/h10,15H,6-9H2,1-5H3. The highest BCUT2D eigenvalue weighted by atomic mass is 16.5. The minimum absolute atomic E-state index is 0.155. The van der Waals surface area contributed by atoms with Gasteiger partial charge >= 0.3 is 0 Å². The van der Waals surface area contributed by atoms with Crippen LogP contribution in [0.5, 0.6) is 0 Å². The van der Waals surface area contributed by atoms with Crippen molar-refractivity contribution in [3.8, 4) is 0 Å². The number of aryl methyl sites for hydroxylation is 2. The fraction of sp³-hybridized carbons (Fsp3) is 0.714. The van der Waals surface area contributed by atoms with Crippen molar-refractivity contribution in [2.24, 2.45) is 0 Å². The lowest BCUT2D eigenvalue weighted by Crippen LogP contribution is -2.27. The molecule has 0 saturated heterocycles. The van der Waals surface area contributed by atoms with Gasteiger partial charge < -0.3 is 14.5 Å². The molecule has 1 rings (SSSR count). The Kier molecular flexibility index (Phi) is 5.22.